The van der Waals surface area contributed by atoms with Crippen LogP contribution in [0.4, 0.5) is 0 Å². The topological polar surface area (TPSA) is 152 Å². The Bertz CT molecular complexity index is 1130. The minimum atomic E-state index is -0.424. The molecule has 1 aromatic carbocycles. The van der Waals surface area contributed by atoms with Gasteiger partial charge in [-0.25, -0.2) is 4.79 Å². The predicted molar refractivity (Wildman–Crippen MR) is 174 cm³/mol. The lowest BCUT2D eigenvalue weighted by Crippen LogP contribution is -2.60. The number of piperidine rings is 1. The molecule has 9 nitrogen and oxygen atoms in total. The molecule has 2 saturated heterocycles. The van der Waals surface area contributed by atoms with Gasteiger partial charge in [-0.15, -0.1) is 0 Å². The lowest BCUT2D eigenvalue weighted by atomic mass is 9.59. The largest absolute Gasteiger partial charge is 0.462 e. The predicted octanol–water partition coefficient (Wildman–Crippen LogP) is 4.41. The number of amides is 1. The van der Waals surface area contributed by atoms with Gasteiger partial charge in [-0.3, -0.25) is 15.1 Å². The number of hydrogen-bond donors (Lipinski definition) is 4. The maximum Gasteiger partial charge on any atom is 0.338 e. The number of nitrogens with two attached hydrogens (primary N) is 3. The second kappa shape index (κ2) is 14.7. The lowest BCUT2D eigenvalue weighted by molar-refractivity contribution is -0.141. The Balaban J connectivity index is 1.53. The lowest BCUT2D eigenvalue weighted by Gasteiger charge is -2.54. The van der Waals surface area contributed by atoms with E-state index in [2.05, 4.69) is 9.80 Å². The maximum atomic E-state index is 14.6. The fourth-order valence-electron chi connectivity index (χ4n) is 9.31. The zero-order valence-corrected chi connectivity index (χ0v) is 26.9. The number of esters is 1. The monoisotopic (exact) mass is 608 g/mol. The summed E-state index contributed by atoms with van der Waals surface area (Å²) in [6.45, 7) is 4.93. The number of carbonyl (C=O) groups is 2. The van der Waals surface area contributed by atoms with Gasteiger partial charge in [0, 0.05) is 37.1 Å². The fraction of sp³-hybridized carbons (Fsp3) is 0.743. The highest BCUT2D eigenvalue weighted by Gasteiger charge is 2.64. The van der Waals surface area contributed by atoms with Crippen molar-refractivity contribution in [2.45, 2.75) is 115 Å². The number of nitrogens with one attached hydrogen (secondary N) is 1. The van der Waals surface area contributed by atoms with E-state index in [1.54, 1.807) is 0 Å². The zero-order chi connectivity index (χ0) is 31.3. The van der Waals surface area contributed by atoms with Gasteiger partial charge in [0.1, 0.15) is 6.04 Å². The number of fused-ring (bicyclic) bond motifs is 1. The van der Waals surface area contributed by atoms with Crippen LogP contribution in [0.15, 0.2) is 24.3 Å². The highest BCUT2D eigenvalue weighted by Crippen LogP contribution is 2.56. The third-order valence-electron chi connectivity index (χ3n) is 11.6. The number of ether oxygens (including phenoxy) is 1. The van der Waals surface area contributed by atoms with E-state index in [4.69, 9.17) is 27.3 Å². The molecule has 2 saturated carbocycles. The average molecular weight is 609 g/mol. The van der Waals surface area contributed by atoms with Crippen LogP contribution < -0.4 is 17.2 Å². The van der Waals surface area contributed by atoms with E-state index in [1.165, 1.54) is 32.1 Å². The molecule has 5 atom stereocenters. The van der Waals surface area contributed by atoms with Gasteiger partial charge >= 0.3 is 5.97 Å². The average Bonchev–Trinajstić information content (AvgIpc) is 3.25. The molecule has 0 aromatic heterocycles. The first-order valence-electron chi connectivity index (χ1n) is 17.4. The molecule has 2 aliphatic heterocycles. The maximum absolute atomic E-state index is 14.6. The minimum absolute atomic E-state index is 0.00144. The Morgan fingerprint density at radius 2 is 1.64 bits per heavy atom. The van der Waals surface area contributed by atoms with Crippen LogP contribution in [-0.2, 0) is 16.1 Å². The molecular formula is C35H56N6O3. The van der Waals surface area contributed by atoms with E-state index in [1.807, 2.05) is 31.2 Å². The SMILES string of the molecule is CCOC(=O)c1ccc(CN2C(C(=O)N3CCC(CCN)CC3)C(N)C3CCC(C(=N)N)CC32C2CCCCCCC2)cc1. The number of rotatable bonds is 9. The molecule has 2 heterocycles. The highest BCUT2D eigenvalue weighted by molar-refractivity contribution is 5.89. The van der Waals surface area contributed by atoms with Gasteiger partial charge in [0.2, 0.25) is 5.91 Å². The highest BCUT2D eigenvalue weighted by atomic mass is 16.5. The van der Waals surface area contributed by atoms with E-state index in [-0.39, 0.29) is 41.1 Å². The molecule has 7 N–H and O–H groups in total. The van der Waals surface area contributed by atoms with Crippen LogP contribution in [-0.4, -0.2) is 71.4 Å². The second-order valence-corrected chi connectivity index (χ2v) is 14.0. The van der Waals surface area contributed by atoms with Crippen molar-refractivity contribution in [3.8, 4) is 0 Å². The Kier molecular flexibility index (Phi) is 11.0. The number of nitrogens with zero attached hydrogens (tertiary/aromatic N) is 2. The minimum Gasteiger partial charge on any atom is -0.462 e. The summed E-state index contributed by atoms with van der Waals surface area (Å²) >= 11 is 0. The molecule has 0 radical (unpaired) electrons. The Morgan fingerprint density at radius 1 is 0.977 bits per heavy atom. The van der Waals surface area contributed by atoms with Gasteiger partial charge in [-0.1, -0.05) is 44.2 Å². The van der Waals surface area contributed by atoms with Crippen molar-refractivity contribution in [3.05, 3.63) is 35.4 Å². The van der Waals surface area contributed by atoms with Crippen LogP contribution in [0, 0.1) is 29.1 Å². The molecular weight excluding hydrogens is 552 g/mol. The van der Waals surface area contributed by atoms with Crippen molar-refractivity contribution in [1.82, 2.24) is 9.80 Å². The summed E-state index contributed by atoms with van der Waals surface area (Å²) in [5.41, 5.74) is 20.7. The quantitative estimate of drug-likeness (QED) is 0.184. The summed E-state index contributed by atoms with van der Waals surface area (Å²) in [4.78, 5) is 31.6. The summed E-state index contributed by atoms with van der Waals surface area (Å²) < 4.78 is 5.22. The van der Waals surface area contributed by atoms with Gasteiger partial charge in [0.25, 0.3) is 0 Å². The first kappa shape index (κ1) is 32.9. The van der Waals surface area contributed by atoms with Crippen LogP contribution in [0.1, 0.15) is 106 Å². The molecule has 4 fully saturated rings. The van der Waals surface area contributed by atoms with Gasteiger partial charge in [-0.2, -0.15) is 0 Å². The van der Waals surface area contributed by atoms with E-state index in [0.717, 1.165) is 70.0 Å². The van der Waals surface area contributed by atoms with Crippen LogP contribution in [0.25, 0.3) is 0 Å². The number of hydrogen-bond acceptors (Lipinski definition) is 7. The van der Waals surface area contributed by atoms with Crippen molar-refractivity contribution < 1.29 is 14.3 Å². The summed E-state index contributed by atoms with van der Waals surface area (Å²) in [6.07, 6.45) is 13.9. The number of amidine groups is 1. The molecule has 244 valence electrons. The van der Waals surface area contributed by atoms with Crippen LogP contribution in [0.5, 0.6) is 0 Å². The second-order valence-electron chi connectivity index (χ2n) is 14.0. The van der Waals surface area contributed by atoms with Gasteiger partial charge in [0.15, 0.2) is 0 Å². The summed E-state index contributed by atoms with van der Waals surface area (Å²) in [5.74, 6) is 1.24. The molecule has 1 aromatic rings. The van der Waals surface area contributed by atoms with Crippen molar-refractivity contribution in [2.24, 2.45) is 40.9 Å². The van der Waals surface area contributed by atoms with Crippen molar-refractivity contribution in [2.75, 3.05) is 26.2 Å². The molecule has 0 bridgehead atoms. The standard InChI is InChI=1S/C35H56N6O3/c1-2-44-34(43)26-12-10-25(11-13-26)23-41-31(33(42)40-20-17-24(16-19-36)18-21-40)30(37)29-15-14-27(32(38)39)22-35(29,41)28-8-6-4-3-5-7-9-28/h10-13,24,27-31H,2-9,14-23,36-37H2,1H3,(H3,38,39). The summed E-state index contributed by atoms with van der Waals surface area (Å²) in [7, 11) is 0. The molecule has 1 amide bonds. The van der Waals surface area contributed by atoms with Crippen molar-refractivity contribution in [1.29, 1.82) is 5.41 Å². The first-order valence-corrected chi connectivity index (χ1v) is 17.4. The molecule has 0 spiro atoms. The summed E-state index contributed by atoms with van der Waals surface area (Å²) in [5, 5.41) is 8.50. The molecule has 4 aliphatic rings. The summed E-state index contributed by atoms with van der Waals surface area (Å²) in [6, 6.07) is 6.97. The van der Waals surface area contributed by atoms with E-state index >= 15 is 0 Å². The van der Waals surface area contributed by atoms with Gasteiger partial charge in [0.05, 0.1) is 18.0 Å². The molecule has 9 heteroatoms. The van der Waals surface area contributed by atoms with Crippen molar-refractivity contribution >= 4 is 17.7 Å². The van der Waals surface area contributed by atoms with Crippen molar-refractivity contribution in [3.63, 3.8) is 0 Å². The van der Waals surface area contributed by atoms with Gasteiger partial charge in [-0.05, 0) is 100 Å². The first-order chi connectivity index (χ1) is 21.3. The number of benzene rings is 1. The van der Waals surface area contributed by atoms with E-state index < -0.39 is 6.04 Å². The normalized spacial score (nSPS) is 30.8. The van der Waals surface area contributed by atoms with E-state index in [9.17, 15) is 9.59 Å². The van der Waals surface area contributed by atoms with Crippen LogP contribution in [0.2, 0.25) is 0 Å². The van der Waals surface area contributed by atoms with Crippen LogP contribution in [0.3, 0.4) is 0 Å². The molecule has 2 aliphatic carbocycles. The smallest absolute Gasteiger partial charge is 0.338 e. The Labute approximate surface area is 264 Å². The Morgan fingerprint density at radius 3 is 2.25 bits per heavy atom. The van der Waals surface area contributed by atoms with E-state index in [0.29, 0.717) is 37.1 Å². The molecule has 44 heavy (non-hydrogen) atoms. The molecule has 5 unspecified atom stereocenters. The van der Waals surface area contributed by atoms with Gasteiger partial charge < -0.3 is 26.8 Å². The Hall–Kier alpha value is -2.49. The number of likely N-dealkylation sites (tertiary alicyclic amines) is 2. The molecule has 5 rings (SSSR count). The van der Waals surface area contributed by atoms with Crippen LogP contribution >= 0.6 is 0 Å². The third-order valence-corrected chi connectivity index (χ3v) is 11.6. The fourth-order valence-corrected chi connectivity index (χ4v) is 9.31. The number of carbonyl (C=O) groups excluding carboxylic acids is 2. The zero-order valence-electron chi connectivity index (χ0n) is 26.9. The third kappa shape index (κ3) is 6.70.